The molecule has 0 bridgehead atoms. The Balaban J connectivity index is 1.33. The summed E-state index contributed by atoms with van der Waals surface area (Å²) in [5.74, 6) is -0.145. The number of rotatable bonds is 9. The molecule has 3 N–H and O–H groups in total. The molecule has 1 aromatic heterocycles. The Kier molecular flexibility index (Phi) is 7.33. The number of carbonyl (C=O) groups is 2. The van der Waals surface area contributed by atoms with Crippen molar-refractivity contribution in [2.45, 2.75) is 19.3 Å². The maximum absolute atomic E-state index is 13.3. The monoisotopic (exact) mass is 560 g/mol. The number of benzene rings is 3. The van der Waals surface area contributed by atoms with E-state index in [1.54, 1.807) is 18.6 Å². The summed E-state index contributed by atoms with van der Waals surface area (Å²) in [5.41, 5.74) is 6.11. The largest absolute Gasteiger partial charge is 0.354 e. The van der Waals surface area contributed by atoms with Crippen LogP contribution in [0.4, 0.5) is 17.1 Å². The number of imidazole rings is 1. The van der Waals surface area contributed by atoms with Crippen LogP contribution in [0.1, 0.15) is 40.8 Å². The van der Waals surface area contributed by atoms with Crippen LogP contribution in [0.3, 0.4) is 0 Å². The molecule has 0 saturated carbocycles. The lowest BCUT2D eigenvalue weighted by atomic mass is 9.98. The van der Waals surface area contributed by atoms with Gasteiger partial charge in [0.1, 0.15) is 0 Å². The number of nitrogens with one attached hydrogen (secondary N) is 3. The van der Waals surface area contributed by atoms with Crippen LogP contribution in [0.15, 0.2) is 79.3 Å². The lowest BCUT2D eigenvalue weighted by molar-refractivity contribution is -0.384. The molecule has 3 heterocycles. The summed E-state index contributed by atoms with van der Waals surface area (Å²) in [6, 6.07) is 19.9. The molecule has 10 heteroatoms. The number of nitrogens with zero attached hydrogens (tertiary/aromatic N) is 3. The number of non-ortho nitro benzene ring substituents is 1. The smallest absolute Gasteiger partial charge is 0.270 e. The van der Waals surface area contributed by atoms with E-state index >= 15 is 0 Å². The second-order valence-electron chi connectivity index (χ2n) is 10.2. The molecule has 2 aliphatic heterocycles. The number of likely N-dealkylation sites (tertiary alicyclic amines) is 1. The van der Waals surface area contributed by atoms with E-state index in [4.69, 9.17) is 0 Å². The van der Waals surface area contributed by atoms with Gasteiger partial charge in [0, 0.05) is 54.8 Å². The van der Waals surface area contributed by atoms with Crippen LogP contribution in [0.5, 0.6) is 0 Å². The number of hydrogen-bond acceptors (Lipinski definition) is 6. The number of H-pyrrole nitrogens is 1. The summed E-state index contributed by atoms with van der Waals surface area (Å²) < 4.78 is 0. The number of anilines is 2. The summed E-state index contributed by atoms with van der Waals surface area (Å²) >= 11 is 0. The molecule has 42 heavy (non-hydrogen) atoms. The minimum atomic E-state index is -0.469. The highest BCUT2D eigenvalue weighted by atomic mass is 16.6. The lowest BCUT2D eigenvalue weighted by Crippen LogP contribution is -2.26. The molecule has 0 unspecified atom stereocenters. The van der Waals surface area contributed by atoms with Crippen molar-refractivity contribution >= 4 is 52.3 Å². The zero-order chi connectivity index (χ0) is 29.1. The van der Waals surface area contributed by atoms with Crippen LogP contribution in [-0.4, -0.2) is 44.7 Å². The zero-order valence-electron chi connectivity index (χ0n) is 22.7. The van der Waals surface area contributed by atoms with Gasteiger partial charge in [0.05, 0.1) is 28.2 Å². The molecule has 0 aliphatic carbocycles. The third kappa shape index (κ3) is 5.68. The summed E-state index contributed by atoms with van der Waals surface area (Å²) in [6.07, 6.45) is 9.53. The highest BCUT2D eigenvalue weighted by Crippen LogP contribution is 2.39. The number of fused-ring (bicyclic) bond motifs is 1. The molecular formula is C32H28N6O4. The first-order valence-electron chi connectivity index (χ1n) is 13.7. The molecule has 3 aromatic carbocycles. The Labute approximate surface area is 241 Å². The van der Waals surface area contributed by atoms with Gasteiger partial charge in [-0.1, -0.05) is 42.5 Å². The highest BCUT2D eigenvalue weighted by molar-refractivity contribution is 6.37. The van der Waals surface area contributed by atoms with E-state index in [9.17, 15) is 19.7 Å². The van der Waals surface area contributed by atoms with Gasteiger partial charge in [-0.3, -0.25) is 19.7 Å². The molecule has 0 atom stereocenters. The molecule has 0 spiro atoms. The van der Waals surface area contributed by atoms with E-state index in [0.717, 1.165) is 47.5 Å². The van der Waals surface area contributed by atoms with Crippen molar-refractivity contribution in [3.8, 4) is 0 Å². The van der Waals surface area contributed by atoms with Crippen molar-refractivity contribution < 1.29 is 14.5 Å². The molecule has 0 radical (unpaired) electrons. The second-order valence-corrected chi connectivity index (χ2v) is 10.2. The number of aromatic amines is 1. The minimum absolute atomic E-state index is 0.0954. The van der Waals surface area contributed by atoms with Gasteiger partial charge in [0.25, 0.3) is 11.6 Å². The lowest BCUT2D eigenvalue weighted by Gasteiger charge is -2.17. The normalized spacial score (nSPS) is 15.7. The number of hydrogen-bond donors (Lipinski definition) is 3. The van der Waals surface area contributed by atoms with Crippen molar-refractivity contribution in [1.29, 1.82) is 0 Å². The number of carbonyl (C=O) groups excluding carboxylic acids is 2. The predicted octanol–water partition coefficient (Wildman–Crippen LogP) is 5.59. The first-order chi connectivity index (χ1) is 20.4. The Morgan fingerprint density at radius 3 is 2.55 bits per heavy atom. The first kappa shape index (κ1) is 26.7. The fraction of sp³-hybridized carbons (Fsp3) is 0.156. The predicted molar refractivity (Wildman–Crippen MR) is 162 cm³/mol. The van der Waals surface area contributed by atoms with Gasteiger partial charge in [0.15, 0.2) is 0 Å². The maximum Gasteiger partial charge on any atom is 0.270 e. The quantitative estimate of drug-likeness (QED) is 0.139. The third-order valence-electron chi connectivity index (χ3n) is 7.44. The summed E-state index contributed by atoms with van der Waals surface area (Å²) in [4.78, 5) is 45.3. The summed E-state index contributed by atoms with van der Waals surface area (Å²) in [6.45, 7) is 1.47. The Hall–Kier alpha value is -5.51. The zero-order valence-corrected chi connectivity index (χ0v) is 22.7. The fourth-order valence-electron chi connectivity index (χ4n) is 5.20. The van der Waals surface area contributed by atoms with Gasteiger partial charge in [-0.05, 0) is 53.8 Å². The van der Waals surface area contributed by atoms with E-state index in [-0.39, 0.29) is 17.5 Å². The van der Waals surface area contributed by atoms with E-state index in [1.165, 1.54) is 12.1 Å². The van der Waals surface area contributed by atoms with E-state index in [2.05, 4.69) is 20.6 Å². The van der Waals surface area contributed by atoms with Crippen LogP contribution >= 0.6 is 0 Å². The van der Waals surface area contributed by atoms with Crippen molar-refractivity contribution in [1.82, 2.24) is 14.9 Å². The van der Waals surface area contributed by atoms with E-state index in [1.807, 2.05) is 65.6 Å². The number of nitro groups is 1. The molecule has 4 aromatic rings. The molecule has 2 aliphatic rings. The highest BCUT2D eigenvalue weighted by Gasteiger charge is 2.30. The molecule has 210 valence electrons. The van der Waals surface area contributed by atoms with Crippen LogP contribution < -0.4 is 10.6 Å². The van der Waals surface area contributed by atoms with Crippen LogP contribution in [0, 0.1) is 10.1 Å². The van der Waals surface area contributed by atoms with Gasteiger partial charge in [0.2, 0.25) is 5.91 Å². The fourth-order valence-corrected chi connectivity index (χ4v) is 5.20. The van der Waals surface area contributed by atoms with Gasteiger partial charge < -0.3 is 20.5 Å². The molecule has 1 saturated heterocycles. The topological polar surface area (TPSA) is 133 Å². The third-order valence-corrected chi connectivity index (χ3v) is 7.44. The van der Waals surface area contributed by atoms with E-state index < -0.39 is 4.92 Å². The van der Waals surface area contributed by atoms with Gasteiger partial charge in [-0.25, -0.2) is 4.98 Å². The molecule has 6 rings (SSSR count). The van der Waals surface area contributed by atoms with Gasteiger partial charge in [-0.2, -0.15) is 0 Å². The van der Waals surface area contributed by atoms with Crippen LogP contribution in [0.2, 0.25) is 0 Å². The minimum Gasteiger partial charge on any atom is -0.354 e. The van der Waals surface area contributed by atoms with Crippen molar-refractivity contribution in [2.24, 2.45) is 0 Å². The Morgan fingerprint density at radius 2 is 1.86 bits per heavy atom. The summed E-state index contributed by atoms with van der Waals surface area (Å²) in [5, 5.41) is 17.8. The van der Waals surface area contributed by atoms with Crippen molar-refractivity contribution in [3.05, 3.63) is 117 Å². The average Bonchev–Trinajstić information content (AvgIpc) is 3.74. The van der Waals surface area contributed by atoms with Crippen molar-refractivity contribution in [3.63, 3.8) is 0 Å². The molecule has 10 nitrogen and oxygen atoms in total. The molecular weight excluding hydrogens is 532 g/mol. The Morgan fingerprint density at radius 1 is 1.05 bits per heavy atom. The molecule has 2 amide bonds. The number of aromatic nitrogens is 2. The SMILES string of the molecule is O=C1Nc2ccc([N+](=O)[O-])cc2C1=C(Nc1ccc(C=Cc2c[nH]cn2)cc1)c1ccc(CCN2CCCC2=O)cc1. The first-order valence-corrected chi connectivity index (χ1v) is 13.7. The van der Waals surface area contributed by atoms with Gasteiger partial charge in [-0.15, -0.1) is 0 Å². The average molecular weight is 561 g/mol. The van der Waals surface area contributed by atoms with Crippen molar-refractivity contribution in [2.75, 3.05) is 23.7 Å². The maximum atomic E-state index is 13.3. The second kappa shape index (κ2) is 11.5. The molecule has 1 fully saturated rings. The number of nitro benzene ring substituents is 1. The standard InChI is InChI=1S/C32H28N6O4/c39-29-2-1-16-37(29)17-15-22-3-8-23(9-4-22)31(30-27-18-26(38(41)42)13-14-28(27)36-32(30)40)35-24-10-5-21(6-11-24)7-12-25-19-33-20-34-25/h3-14,18-20,35H,1-2,15-17H2,(H,33,34)(H,36,40). The van der Waals surface area contributed by atoms with E-state index in [0.29, 0.717) is 35.5 Å². The van der Waals surface area contributed by atoms with Crippen LogP contribution in [-0.2, 0) is 16.0 Å². The summed E-state index contributed by atoms with van der Waals surface area (Å²) in [7, 11) is 0. The van der Waals surface area contributed by atoms with Crippen LogP contribution in [0.25, 0.3) is 23.4 Å². The Bertz CT molecular complexity index is 1710. The van der Waals surface area contributed by atoms with Gasteiger partial charge >= 0.3 is 0 Å². The number of amides is 2.